The first-order valence-electron chi connectivity index (χ1n) is 8.96. The van der Waals surface area contributed by atoms with E-state index in [1.165, 1.54) is 4.68 Å². The maximum absolute atomic E-state index is 12.3. The second-order valence-corrected chi connectivity index (χ2v) is 6.55. The van der Waals surface area contributed by atoms with E-state index in [1.54, 1.807) is 12.1 Å². The summed E-state index contributed by atoms with van der Waals surface area (Å²) in [4.78, 5) is 12.3. The van der Waals surface area contributed by atoms with Crippen LogP contribution in [-0.2, 0) is 6.54 Å². The summed E-state index contributed by atoms with van der Waals surface area (Å²) in [6.07, 6.45) is 1.92. The molecule has 4 rings (SSSR count). The molecule has 0 saturated heterocycles. The van der Waals surface area contributed by atoms with Gasteiger partial charge >= 0.3 is 0 Å². The van der Waals surface area contributed by atoms with Crippen molar-refractivity contribution < 1.29 is 0 Å². The maximum Gasteiger partial charge on any atom is 0.266 e. The van der Waals surface area contributed by atoms with Crippen molar-refractivity contribution in [3.8, 4) is 22.5 Å². The molecule has 1 atom stereocenters. The molecule has 4 aromatic rings. The molecule has 0 radical (unpaired) electrons. The van der Waals surface area contributed by atoms with Gasteiger partial charge in [-0.15, -0.1) is 0 Å². The van der Waals surface area contributed by atoms with Crippen LogP contribution in [0, 0.1) is 0 Å². The SMILES string of the molecule is CNC(C)Cn1nc(-c2c(-c3ccccc3)nn3ccccc23)ccc1=O. The molecular weight excluding hydrogens is 338 g/mol. The van der Waals surface area contributed by atoms with Crippen LogP contribution in [0.5, 0.6) is 0 Å². The highest BCUT2D eigenvalue weighted by molar-refractivity contribution is 5.90. The number of nitrogens with one attached hydrogen (secondary N) is 1. The molecule has 0 spiro atoms. The predicted molar refractivity (Wildman–Crippen MR) is 107 cm³/mol. The van der Waals surface area contributed by atoms with Crippen molar-refractivity contribution in [3.63, 3.8) is 0 Å². The molecule has 0 aliphatic heterocycles. The lowest BCUT2D eigenvalue weighted by molar-refractivity contribution is 0.466. The van der Waals surface area contributed by atoms with Crippen molar-refractivity contribution in [1.82, 2.24) is 24.7 Å². The number of rotatable bonds is 5. The third-order valence-corrected chi connectivity index (χ3v) is 4.65. The minimum Gasteiger partial charge on any atom is -0.315 e. The second-order valence-electron chi connectivity index (χ2n) is 6.55. The van der Waals surface area contributed by atoms with Crippen LogP contribution in [-0.4, -0.2) is 32.5 Å². The summed E-state index contributed by atoms with van der Waals surface area (Å²) in [6.45, 7) is 2.52. The van der Waals surface area contributed by atoms with E-state index in [2.05, 4.69) is 10.4 Å². The zero-order valence-corrected chi connectivity index (χ0v) is 15.3. The van der Waals surface area contributed by atoms with E-state index in [1.807, 2.05) is 73.2 Å². The van der Waals surface area contributed by atoms with Gasteiger partial charge in [0.2, 0.25) is 0 Å². The fourth-order valence-corrected chi connectivity index (χ4v) is 3.11. The Morgan fingerprint density at radius 1 is 1.00 bits per heavy atom. The van der Waals surface area contributed by atoms with Gasteiger partial charge in [-0.1, -0.05) is 36.4 Å². The Morgan fingerprint density at radius 2 is 1.78 bits per heavy atom. The lowest BCUT2D eigenvalue weighted by atomic mass is 10.0. The summed E-state index contributed by atoms with van der Waals surface area (Å²) in [6, 6.07) is 19.5. The molecule has 0 aliphatic rings. The summed E-state index contributed by atoms with van der Waals surface area (Å²) >= 11 is 0. The highest BCUT2D eigenvalue weighted by atomic mass is 16.1. The molecule has 0 fully saturated rings. The third kappa shape index (κ3) is 3.27. The summed E-state index contributed by atoms with van der Waals surface area (Å²) in [7, 11) is 1.87. The zero-order chi connectivity index (χ0) is 18.8. The van der Waals surface area contributed by atoms with E-state index in [9.17, 15) is 4.79 Å². The summed E-state index contributed by atoms with van der Waals surface area (Å²) in [5, 5.41) is 12.6. The van der Waals surface area contributed by atoms with E-state index >= 15 is 0 Å². The molecule has 0 bridgehead atoms. The van der Waals surface area contributed by atoms with Gasteiger partial charge in [-0.3, -0.25) is 4.79 Å². The lowest BCUT2D eigenvalue weighted by Crippen LogP contribution is -2.33. The molecule has 27 heavy (non-hydrogen) atoms. The Kier molecular flexibility index (Phi) is 4.56. The first-order chi connectivity index (χ1) is 13.2. The molecule has 6 nitrogen and oxygen atoms in total. The lowest BCUT2D eigenvalue weighted by Gasteiger charge is -2.12. The molecule has 0 aliphatic carbocycles. The summed E-state index contributed by atoms with van der Waals surface area (Å²) < 4.78 is 3.36. The van der Waals surface area contributed by atoms with Gasteiger partial charge in [-0.2, -0.15) is 10.2 Å². The van der Waals surface area contributed by atoms with Gasteiger partial charge in [-0.25, -0.2) is 9.20 Å². The van der Waals surface area contributed by atoms with Gasteiger partial charge in [-0.05, 0) is 32.2 Å². The van der Waals surface area contributed by atoms with Gasteiger partial charge in [0.1, 0.15) is 5.69 Å². The summed E-state index contributed by atoms with van der Waals surface area (Å²) in [5.74, 6) is 0. The van der Waals surface area contributed by atoms with Crippen LogP contribution in [0.2, 0.25) is 0 Å². The van der Waals surface area contributed by atoms with Gasteiger partial charge in [0.05, 0.1) is 23.3 Å². The Balaban J connectivity index is 1.94. The molecular formula is C21H21N5O. The van der Waals surface area contributed by atoms with Crippen LogP contribution in [0.3, 0.4) is 0 Å². The number of likely N-dealkylation sites (N-methyl/N-ethyl adjacent to an activating group) is 1. The maximum atomic E-state index is 12.3. The smallest absolute Gasteiger partial charge is 0.266 e. The van der Waals surface area contributed by atoms with Crippen LogP contribution >= 0.6 is 0 Å². The number of pyridine rings is 1. The van der Waals surface area contributed by atoms with E-state index in [0.717, 1.165) is 28.0 Å². The third-order valence-electron chi connectivity index (χ3n) is 4.65. The number of fused-ring (bicyclic) bond motifs is 1. The number of hydrogen-bond donors (Lipinski definition) is 1. The van der Waals surface area contributed by atoms with Gasteiger partial charge in [0.25, 0.3) is 5.56 Å². The van der Waals surface area contributed by atoms with Crippen LogP contribution in [0.1, 0.15) is 6.92 Å². The molecule has 3 heterocycles. The van der Waals surface area contributed by atoms with Crippen LogP contribution in [0.15, 0.2) is 71.7 Å². The minimum atomic E-state index is -0.112. The Bertz CT molecular complexity index is 1130. The normalized spacial score (nSPS) is 12.4. The number of nitrogens with zero attached hydrogens (tertiary/aromatic N) is 4. The highest BCUT2D eigenvalue weighted by Crippen LogP contribution is 2.33. The van der Waals surface area contributed by atoms with Gasteiger partial charge in [0, 0.05) is 23.9 Å². The van der Waals surface area contributed by atoms with Gasteiger partial charge in [0.15, 0.2) is 0 Å². The van der Waals surface area contributed by atoms with Crippen molar-refractivity contribution in [3.05, 3.63) is 77.2 Å². The van der Waals surface area contributed by atoms with E-state index in [4.69, 9.17) is 5.10 Å². The van der Waals surface area contributed by atoms with Crippen molar-refractivity contribution in [2.75, 3.05) is 7.05 Å². The fraction of sp³-hybridized carbons (Fsp3) is 0.190. The van der Waals surface area contributed by atoms with Crippen LogP contribution in [0.25, 0.3) is 28.0 Å². The van der Waals surface area contributed by atoms with Crippen molar-refractivity contribution in [2.45, 2.75) is 19.5 Å². The standard InChI is InChI=1S/C21H21N5O/c1-15(22-2)14-26-19(27)12-11-17(23-26)20-18-10-6-7-13-25(18)24-21(20)16-8-4-3-5-9-16/h3-13,15,22H,14H2,1-2H3. The quantitative estimate of drug-likeness (QED) is 0.595. The van der Waals surface area contributed by atoms with Gasteiger partial charge < -0.3 is 5.32 Å². The van der Waals surface area contributed by atoms with E-state index < -0.39 is 0 Å². The Labute approximate surface area is 157 Å². The monoisotopic (exact) mass is 359 g/mol. The molecule has 3 aromatic heterocycles. The van der Waals surface area contributed by atoms with Crippen molar-refractivity contribution in [2.24, 2.45) is 0 Å². The zero-order valence-electron chi connectivity index (χ0n) is 15.3. The molecule has 1 N–H and O–H groups in total. The summed E-state index contributed by atoms with van der Waals surface area (Å²) in [5.41, 5.74) is 4.36. The molecule has 1 unspecified atom stereocenters. The topological polar surface area (TPSA) is 64.2 Å². The Morgan fingerprint density at radius 3 is 2.56 bits per heavy atom. The van der Waals surface area contributed by atoms with E-state index in [0.29, 0.717) is 6.54 Å². The molecule has 1 aromatic carbocycles. The number of aromatic nitrogens is 4. The predicted octanol–water partition coefficient (Wildman–Crippen LogP) is 2.83. The molecule has 0 amide bonds. The van der Waals surface area contributed by atoms with Crippen LogP contribution < -0.4 is 10.9 Å². The first kappa shape index (κ1) is 17.2. The highest BCUT2D eigenvalue weighted by Gasteiger charge is 2.18. The molecule has 136 valence electrons. The second kappa shape index (κ2) is 7.17. The van der Waals surface area contributed by atoms with Crippen molar-refractivity contribution in [1.29, 1.82) is 0 Å². The largest absolute Gasteiger partial charge is 0.315 e. The average molecular weight is 359 g/mol. The minimum absolute atomic E-state index is 0.112. The number of hydrogen-bond acceptors (Lipinski definition) is 4. The molecule has 0 saturated carbocycles. The fourth-order valence-electron chi connectivity index (χ4n) is 3.11. The van der Waals surface area contributed by atoms with E-state index in [-0.39, 0.29) is 11.6 Å². The first-order valence-corrected chi connectivity index (χ1v) is 8.96. The van der Waals surface area contributed by atoms with Crippen LogP contribution in [0.4, 0.5) is 0 Å². The van der Waals surface area contributed by atoms with Crippen molar-refractivity contribution >= 4 is 5.52 Å². The number of benzene rings is 1. The average Bonchev–Trinajstić information content (AvgIpc) is 3.10. The Hall–Kier alpha value is -3.25. The molecule has 6 heteroatoms.